The topological polar surface area (TPSA) is 36.4 Å². The van der Waals surface area contributed by atoms with Crippen molar-refractivity contribution in [3.63, 3.8) is 0 Å². The Morgan fingerprint density at radius 1 is 0.967 bits per heavy atom. The molecule has 1 saturated heterocycles. The number of carbonyl (C=O) groups excluding carboxylic acids is 1. The van der Waals surface area contributed by atoms with Gasteiger partial charge in [-0.05, 0) is 24.3 Å². The van der Waals surface area contributed by atoms with Crippen molar-refractivity contribution in [3.8, 4) is 10.6 Å². The van der Waals surface area contributed by atoms with Gasteiger partial charge in [0.1, 0.15) is 5.01 Å². The van der Waals surface area contributed by atoms with Crippen molar-refractivity contribution in [3.05, 3.63) is 63.8 Å². The Labute approximate surface area is 186 Å². The van der Waals surface area contributed by atoms with Gasteiger partial charge in [0.15, 0.2) is 0 Å². The van der Waals surface area contributed by atoms with Crippen LogP contribution in [-0.4, -0.2) is 46.9 Å². The quantitative estimate of drug-likeness (QED) is 0.562. The molecule has 1 aromatic carbocycles. The standard InChI is InChI=1S/C24H27N3OS2/c28-23(24(10-4-5-11-24)21-9-6-16-29-21)27-14-12-26(13-15-27)17-20-18-30-22(25-20)19-7-2-1-3-8-19/h1-3,6-9,16,18H,4-5,10-15,17H2. The first-order chi connectivity index (χ1) is 14.7. The first-order valence-electron chi connectivity index (χ1n) is 10.8. The second kappa shape index (κ2) is 8.61. The van der Waals surface area contributed by atoms with Crippen LogP contribution in [0.2, 0.25) is 0 Å². The second-order valence-electron chi connectivity index (χ2n) is 8.34. The predicted molar refractivity (Wildman–Crippen MR) is 124 cm³/mol. The maximum absolute atomic E-state index is 13.5. The minimum Gasteiger partial charge on any atom is -0.339 e. The second-order valence-corrected chi connectivity index (χ2v) is 10.2. The minimum atomic E-state index is -0.254. The zero-order chi connectivity index (χ0) is 20.4. The van der Waals surface area contributed by atoms with E-state index in [1.807, 2.05) is 6.07 Å². The highest BCUT2D eigenvalue weighted by molar-refractivity contribution is 7.13. The number of hydrogen-bond acceptors (Lipinski definition) is 5. The molecule has 30 heavy (non-hydrogen) atoms. The SMILES string of the molecule is O=C(N1CCN(Cc2csc(-c3ccccc3)n2)CC1)C1(c2cccs2)CCCC1. The fourth-order valence-corrected chi connectivity index (χ4v) is 6.62. The summed E-state index contributed by atoms with van der Waals surface area (Å²) >= 11 is 3.46. The Kier molecular flexibility index (Phi) is 5.72. The fourth-order valence-electron chi connectivity index (χ4n) is 4.83. The molecule has 0 atom stereocenters. The normalized spacial score (nSPS) is 19.3. The van der Waals surface area contributed by atoms with Crippen molar-refractivity contribution in [1.29, 1.82) is 0 Å². The van der Waals surface area contributed by atoms with Crippen LogP contribution in [0.4, 0.5) is 0 Å². The van der Waals surface area contributed by atoms with Crippen molar-refractivity contribution in [2.75, 3.05) is 26.2 Å². The van der Waals surface area contributed by atoms with Crippen LogP contribution in [0, 0.1) is 0 Å². The predicted octanol–water partition coefficient (Wildman–Crippen LogP) is 5.03. The van der Waals surface area contributed by atoms with Gasteiger partial charge in [0.25, 0.3) is 0 Å². The number of thiophene rings is 1. The number of thiazole rings is 1. The van der Waals surface area contributed by atoms with E-state index in [0.29, 0.717) is 5.91 Å². The van der Waals surface area contributed by atoms with Gasteiger partial charge in [-0.2, -0.15) is 0 Å². The summed E-state index contributed by atoms with van der Waals surface area (Å²) < 4.78 is 0. The van der Waals surface area contributed by atoms with Gasteiger partial charge >= 0.3 is 0 Å². The van der Waals surface area contributed by atoms with Crippen molar-refractivity contribution in [2.24, 2.45) is 0 Å². The van der Waals surface area contributed by atoms with Gasteiger partial charge in [-0.15, -0.1) is 22.7 Å². The van der Waals surface area contributed by atoms with E-state index in [4.69, 9.17) is 4.98 Å². The van der Waals surface area contributed by atoms with Crippen LogP contribution in [-0.2, 0) is 16.8 Å². The van der Waals surface area contributed by atoms with Gasteiger partial charge in [-0.3, -0.25) is 9.69 Å². The van der Waals surface area contributed by atoms with Gasteiger partial charge in [0.2, 0.25) is 5.91 Å². The van der Waals surface area contributed by atoms with Gasteiger partial charge in [0, 0.05) is 48.5 Å². The summed E-state index contributed by atoms with van der Waals surface area (Å²) in [6.45, 7) is 4.35. The third kappa shape index (κ3) is 3.84. The van der Waals surface area contributed by atoms with Crippen LogP contribution in [0.1, 0.15) is 36.3 Å². The molecule has 5 rings (SSSR count). The van der Waals surface area contributed by atoms with Crippen molar-refractivity contribution >= 4 is 28.6 Å². The number of aromatic nitrogens is 1. The molecule has 1 aliphatic heterocycles. The zero-order valence-electron chi connectivity index (χ0n) is 17.1. The van der Waals surface area contributed by atoms with Crippen LogP contribution in [0.5, 0.6) is 0 Å². The van der Waals surface area contributed by atoms with Gasteiger partial charge in [-0.1, -0.05) is 49.2 Å². The summed E-state index contributed by atoms with van der Waals surface area (Å²) in [5.41, 5.74) is 2.06. The summed E-state index contributed by atoms with van der Waals surface area (Å²) in [4.78, 5) is 24.2. The molecule has 1 aliphatic carbocycles. The Morgan fingerprint density at radius 3 is 2.43 bits per heavy atom. The van der Waals surface area contributed by atoms with E-state index in [9.17, 15) is 4.79 Å². The summed E-state index contributed by atoms with van der Waals surface area (Å²) in [6.07, 6.45) is 4.34. The molecule has 1 saturated carbocycles. The van der Waals surface area contributed by atoms with E-state index in [1.54, 1.807) is 22.7 Å². The number of carbonyl (C=O) groups is 1. The molecule has 2 aromatic heterocycles. The van der Waals surface area contributed by atoms with Crippen LogP contribution >= 0.6 is 22.7 Å². The molecule has 3 heterocycles. The molecule has 0 spiro atoms. The van der Waals surface area contributed by atoms with Crippen molar-refractivity contribution < 1.29 is 4.79 Å². The lowest BCUT2D eigenvalue weighted by atomic mass is 9.82. The van der Waals surface area contributed by atoms with E-state index in [1.165, 1.54) is 10.4 Å². The molecule has 0 bridgehead atoms. The number of benzene rings is 1. The molecule has 2 aliphatic rings. The lowest BCUT2D eigenvalue weighted by Crippen LogP contribution is -2.53. The molecule has 3 aromatic rings. The largest absolute Gasteiger partial charge is 0.339 e. The average molecular weight is 438 g/mol. The number of rotatable bonds is 5. The van der Waals surface area contributed by atoms with Gasteiger partial charge < -0.3 is 4.90 Å². The highest BCUT2D eigenvalue weighted by atomic mass is 32.1. The number of amides is 1. The Bertz CT molecular complexity index is 969. The molecule has 0 unspecified atom stereocenters. The zero-order valence-corrected chi connectivity index (χ0v) is 18.8. The molecule has 0 radical (unpaired) electrons. The molecule has 156 valence electrons. The smallest absolute Gasteiger partial charge is 0.234 e. The third-order valence-electron chi connectivity index (χ3n) is 6.48. The Balaban J connectivity index is 1.21. The molecule has 4 nitrogen and oxygen atoms in total. The van der Waals surface area contributed by atoms with E-state index in [-0.39, 0.29) is 5.41 Å². The number of piperazine rings is 1. The molecular weight excluding hydrogens is 410 g/mol. The fraction of sp³-hybridized carbons (Fsp3) is 0.417. The summed E-state index contributed by atoms with van der Waals surface area (Å²) in [7, 11) is 0. The summed E-state index contributed by atoms with van der Waals surface area (Å²) in [5.74, 6) is 0.363. The number of hydrogen-bond donors (Lipinski definition) is 0. The van der Waals surface area contributed by atoms with Gasteiger partial charge in [0.05, 0.1) is 11.1 Å². The van der Waals surface area contributed by atoms with Crippen molar-refractivity contribution in [2.45, 2.75) is 37.6 Å². The maximum Gasteiger partial charge on any atom is 0.234 e. The monoisotopic (exact) mass is 437 g/mol. The highest BCUT2D eigenvalue weighted by Crippen LogP contribution is 2.44. The molecular formula is C24H27N3OS2. The number of nitrogens with zero attached hydrogens (tertiary/aromatic N) is 3. The molecule has 2 fully saturated rings. The molecule has 6 heteroatoms. The van der Waals surface area contributed by atoms with E-state index < -0.39 is 0 Å². The molecule has 0 N–H and O–H groups in total. The maximum atomic E-state index is 13.5. The lowest BCUT2D eigenvalue weighted by Gasteiger charge is -2.39. The lowest BCUT2D eigenvalue weighted by molar-refractivity contribution is -0.139. The van der Waals surface area contributed by atoms with E-state index in [2.05, 4.69) is 57.0 Å². The summed E-state index contributed by atoms with van der Waals surface area (Å²) in [5, 5.41) is 5.36. The first kappa shape index (κ1) is 19.9. The van der Waals surface area contributed by atoms with Crippen LogP contribution < -0.4 is 0 Å². The van der Waals surface area contributed by atoms with Crippen molar-refractivity contribution in [1.82, 2.24) is 14.8 Å². The minimum absolute atomic E-state index is 0.254. The summed E-state index contributed by atoms with van der Waals surface area (Å²) in [6, 6.07) is 14.6. The first-order valence-corrected chi connectivity index (χ1v) is 12.6. The average Bonchev–Trinajstić information content (AvgIpc) is 3.56. The van der Waals surface area contributed by atoms with Crippen LogP contribution in [0.15, 0.2) is 53.2 Å². The third-order valence-corrected chi connectivity index (χ3v) is 8.49. The van der Waals surface area contributed by atoms with Gasteiger partial charge in [-0.25, -0.2) is 4.98 Å². The van der Waals surface area contributed by atoms with E-state index in [0.717, 1.165) is 69.1 Å². The Hall–Kier alpha value is -2.02. The van der Waals surface area contributed by atoms with Crippen LogP contribution in [0.25, 0.3) is 10.6 Å². The molecule has 1 amide bonds. The van der Waals surface area contributed by atoms with Crippen LogP contribution in [0.3, 0.4) is 0 Å². The highest BCUT2D eigenvalue weighted by Gasteiger charge is 2.46. The van der Waals surface area contributed by atoms with E-state index >= 15 is 0 Å². The Morgan fingerprint density at radius 2 is 1.73 bits per heavy atom.